The summed E-state index contributed by atoms with van der Waals surface area (Å²) in [4.78, 5) is 0. The van der Waals surface area contributed by atoms with Gasteiger partial charge in [-0.05, 0) is 91.9 Å². The van der Waals surface area contributed by atoms with Crippen molar-refractivity contribution in [2.24, 2.45) is 0 Å². The van der Waals surface area contributed by atoms with E-state index in [0.29, 0.717) is 47.3 Å². The van der Waals surface area contributed by atoms with Crippen LogP contribution in [-0.2, 0) is 17.1 Å². The maximum absolute atomic E-state index is 3.93. The fourth-order valence-corrected chi connectivity index (χ4v) is 16.2. The summed E-state index contributed by atoms with van der Waals surface area (Å²) in [7, 11) is -4.07. The van der Waals surface area contributed by atoms with Gasteiger partial charge in [-0.3, -0.25) is 18.3 Å². The molecule has 0 aliphatic rings. The van der Waals surface area contributed by atoms with Gasteiger partial charge in [-0.2, -0.15) is 35.5 Å². The Morgan fingerprint density at radius 2 is 0.720 bits per heavy atom. The Morgan fingerprint density at radius 1 is 0.400 bits per heavy atom. The summed E-state index contributed by atoms with van der Waals surface area (Å²) in [6, 6.07) is 45.3. The summed E-state index contributed by atoms with van der Waals surface area (Å²) >= 11 is 0. The summed E-state index contributed by atoms with van der Waals surface area (Å²) in [5.74, 6) is 3.39. The van der Waals surface area contributed by atoms with Crippen molar-refractivity contribution in [3.63, 3.8) is 0 Å². The fraction of sp³-hybridized carbons (Fsp3) is 0.412. The molecule has 0 saturated heterocycles. The first-order valence-corrected chi connectivity index (χ1v) is 34.0. The monoisotopic (exact) mass is 1070 g/mol. The van der Waals surface area contributed by atoms with E-state index in [0.717, 1.165) is 0 Å². The van der Waals surface area contributed by atoms with Crippen molar-refractivity contribution >= 4 is 37.2 Å². The number of para-hydroxylation sites is 4. The number of aromatic nitrogens is 4. The minimum absolute atomic E-state index is 0. The molecule has 0 amide bonds. The molecule has 0 unspecified atom stereocenters. The first-order valence-electron chi connectivity index (χ1n) is 28.0. The number of benzene rings is 4. The number of hydrogen-bond donors (Lipinski definition) is 0. The van der Waals surface area contributed by atoms with E-state index in [4.69, 9.17) is 0 Å². The summed E-state index contributed by atoms with van der Waals surface area (Å²) in [6.07, 6.45) is 12.7. The molecule has 0 atom stereocenters. The van der Waals surface area contributed by atoms with Crippen LogP contribution in [0.25, 0.3) is 22.7 Å². The first kappa shape index (κ1) is 59.2. The van der Waals surface area contributed by atoms with Crippen LogP contribution in [0.15, 0.2) is 134 Å². The third kappa shape index (κ3) is 11.9. The molecule has 0 spiro atoms. The van der Waals surface area contributed by atoms with Crippen LogP contribution in [0, 0.1) is 12.7 Å². The van der Waals surface area contributed by atoms with Crippen LogP contribution < -0.4 is 30.1 Å². The Bertz CT molecular complexity index is 2820. The molecule has 4 nitrogen and oxygen atoms in total. The predicted octanol–water partition coefficient (Wildman–Crippen LogP) is 15.2. The van der Waals surface area contributed by atoms with Gasteiger partial charge in [0.15, 0.2) is 0 Å². The van der Waals surface area contributed by atoms with E-state index < -0.39 is 16.1 Å². The summed E-state index contributed by atoms with van der Waals surface area (Å²) in [5, 5.41) is 5.70. The molecular formula is C68H90FeN4Si2. The van der Waals surface area contributed by atoms with E-state index in [-0.39, 0.29) is 17.1 Å². The smallest absolute Gasteiger partial charge is 0.299 e. The van der Waals surface area contributed by atoms with Crippen molar-refractivity contribution in [1.29, 1.82) is 0 Å². The minimum atomic E-state index is -2.04. The molecule has 0 N–H and O–H groups in total. The van der Waals surface area contributed by atoms with Gasteiger partial charge in [-0.25, -0.2) is 23.4 Å². The summed E-state index contributed by atoms with van der Waals surface area (Å²) in [6.45, 7) is 46.8. The Balaban J connectivity index is 0.000000241. The molecule has 8 rings (SSSR count). The average Bonchev–Trinajstić information content (AvgIpc) is 4.21. The van der Waals surface area contributed by atoms with Gasteiger partial charge in [-0.1, -0.05) is 210 Å². The van der Waals surface area contributed by atoms with E-state index >= 15 is 0 Å². The van der Waals surface area contributed by atoms with Crippen LogP contribution in [0.1, 0.15) is 203 Å². The normalized spacial score (nSPS) is 12.3. The molecule has 0 aliphatic carbocycles. The van der Waals surface area contributed by atoms with E-state index in [1.807, 2.05) is 0 Å². The van der Waals surface area contributed by atoms with E-state index in [9.17, 15) is 0 Å². The fourth-order valence-electron chi connectivity index (χ4n) is 11.2. The molecule has 398 valence electrons. The maximum Gasteiger partial charge on any atom is 2.00 e. The number of imidazole rings is 2. The number of hydrogen-bond acceptors (Lipinski definition) is 0. The quantitative estimate of drug-likeness (QED) is 0.0521. The van der Waals surface area contributed by atoms with Gasteiger partial charge in [0.1, 0.15) is 0 Å². The molecule has 0 aliphatic heterocycles. The number of rotatable bonds is 16. The second-order valence-electron chi connectivity index (χ2n) is 24.6. The van der Waals surface area contributed by atoms with Crippen LogP contribution in [0.4, 0.5) is 0 Å². The van der Waals surface area contributed by atoms with Gasteiger partial charge in [0.25, 0.3) is 12.7 Å². The van der Waals surface area contributed by atoms with Gasteiger partial charge in [0, 0.05) is 31.1 Å². The molecule has 0 saturated carbocycles. The van der Waals surface area contributed by atoms with Crippen LogP contribution in [0.3, 0.4) is 0 Å². The zero-order valence-electron chi connectivity index (χ0n) is 49.5. The van der Waals surface area contributed by atoms with Crippen molar-refractivity contribution in [2.75, 3.05) is 0 Å². The zero-order valence-corrected chi connectivity index (χ0v) is 52.6. The van der Waals surface area contributed by atoms with Crippen molar-refractivity contribution in [1.82, 2.24) is 9.13 Å². The van der Waals surface area contributed by atoms with E-state index in [2.05, 4.69) is 302 Å². The Morgan fingerprint density at radius 3 is 1.00 bits per heavy atom. The third-order valence-electron chi connectivity index (χ3n) is 15.7. The van der Waals surface area contributed by atoms with Crippen molar-refractivity contribution in [3.8, 4) is 22.7 Å². The van der Waals surface area contributed by atoms with Gasteiger partial charge in [-0.15, -0.1) is 0 Å². The molecule has 0 fully saturated rings. The number of nitrogens with zero attached hydrogens (tertiary/aromatic N) is 4. The van der Waals surface area contributed by atoms with Gasteiger partial charge in [0.05, 0.1) is 30.8 Å². The second kappa shape index (κ2) is 24.1. The van der Waals surface area contributed by atoms with Gasteiger partial charge < -0.3 is 0 Å². The van der Waals surface area contributed by atoms with Gasteiger partial charge >= 0.3 is 17.1 Å². The first-order chi connectivity index (χ1) is 34.9. The second-order valence-corrected chi connectivity index (χ2v) is 33.3. The average molecular weight is 1080 g/mol. The van der Waals surface area contributed by atoms with Crippen molar-refractivity contribution in [2.45, 2.75) is 184 Å². The molecular weight excluding hydrogens is 985 g/mol. The molecule has 6 aromatic carbocycles. The van der Waals surface area contributed by atoms with Gasteiger partial charge in [0.2, 0.25) is 0 Å². The minimum Gasteiger partial charge on any atom is -0.299 e. The topological polar surface area (TPSA) is 17.6 Å². The maximum atomic E-state index is 3.93. The molecule has 0 radical (unpaired) electrons. The van der Waals surface area contributed by atoms with Crippen molar-refractivity contribution in [3.05, 3.63) is 191 Å². The van der Waals surface area contributed by atoms with E-state index in [1.165, 1.54) is 88.3 Å². The molecule has 75 heavy (non-hydrogen) atoms. The Kier molecular flexibility index (Phi) is 19.0. The Hall–Kier alpha value is -5.05. The molecule has 0 bridgehead atoms. The molecule has 2 heterocycles. The summed E-state index contributed by atoms with van der Waals surface area (Å²) < 4.78 is 9.56. The van der Waals surface area contributed by atoms with Crippen LogP contribution in [-0.4, -0.2) is 25.3 Å². The third-order valence-corrected chi connectivity index (χ3v) is 22.6. The predicted molar refractivity (Wildman–Crippen MR) is 323 cm³/mol. The largest absolute Gasteiger partial charge is 2.00 e. The van der Waals surface area contributed by atoms with Crippen LogP contribution in [0.2, 0.25) is 26.2 Å². The zero-order chi connectivity index (χ0) is 54.1. The molecule has 8 aromatic rings. The SMILES string of the molecule is CC(C)c1cccc(C(C)C)c1-n1[c-][n+](-c2c(C(C)C)cccc2C(C)C)cc1[Si](C)(C)c1cc[cH-]c1.CC(C)c1cccc(C(C)C)c1-n1[c-][n+](-c2c(C(C)C)cccc2C(C)C)cc1[Si](C)(C)c1ccc[cH-]1.[Fe+2]. The summed E-state index contributed by atoms with van der Waals surface area (Å²) in [5.41, 5.74) is 16.3. The Labute approximate surface area is 467 Å². The standard InChI is InChI=1S/2C34H45N2Si.Fe/c2*1-23(2)28-17-13-18-29(24(3)4)33(28)35-21-32(37(9,10)27-15-11-12-16-27)36(22-35)34-30(25(5)6)19-14-20-31(34)26(7)8;/h2*11-21,23-26H,1-10H3;/q2*-1;+2. The van der Waals surface area contributed by atoms with Crippen molar-refractivity contribution < 1.29 is 26.2 Å². The van der Waals surface area contributed by atoms with Crippen LogP contribution in [0.5, 0.6) is 0 Å². The molecule has 7 heteroatoms. The molecule has 2 aromatic heterocycles. The van der Waals surface area contributed by atoms with E-state index in [1.54, 1.807) is 0 Å². The van der Waals surface area contributed by atoms with Crippen LogP contribution >= 0.6 is 0 Å².